The third kappa shape index (κ3) is 3.49. The molecule has 0 N–H and O–H groups in total. The van der Waals surface area contributed by atoms with Crippen LogP contribution in [0.5, 0.6) is 0 Å². The van der Waals surface area contributed by atoms with E-state index in [0.29, 0.717) is 5.75 Å². The highest BCUT2D eigenvalue weighted by atomic mass is 32.2. The number of aromatic nitrogens is 2. The fourth-order valence-corrected chi connectivity index (χ4v) is 3.48. The van der Waals surface area contributed by atoms with Crippen molar-refractivity contribution in [2.45, 2.75) is 25.8 Å². The van der Waals surface area contributed by atoms with Crippen molar-refractivity contribution in [2.75, 3.05) is 5.75 Å². The summed E-state index contributed by atoms with van der Waals surface area (Å²) in [5.41, 5.74) is 1.58. The average Bonchev–Trinajstić information content (AvgIpc) is 2.59. The van der Waals surface area contributed by atoms with Crippen LogP contribution in [0.4, 0.5) is 0 Å². The van der Waals surface area contributed by atoms with Gasteiger partial charge in [-0.2, -0.15) is 0 Å². The Morgan fingerprint density at radius 1 is 0.917 bits per heavy atom. The molecule has 0 saturated carbocycles. The second-order valence-corrected chi connectivity index (χ2v) is 7.69. The van der Waals surface area contributed by atoms with Gasteiger partial charge in [0.05, 0.1) is 5.75 Å². The molecule has 0 radical (unpaired) electrons. The molecule has 0 aliphatic carbocycles. The van der Waals surface area contributed by atoms with Crippen LogP contribution in [-0.2, 0) is 4.79 Å². The number of hydrogen-bond donors (Lipinski definition) is 0. The monoisotopic (exact) mass is 336 g/mol. The molecule has 0 amide bonds. The number of thioether (sulfide) groups is 1. The van der Waals surface area contributed by atoms with E-state index in [-0.39, 0.29) is 11.2 Å². The van der Waals surface area contributed by atoms with E-state index in [1.165, 1.54) is 11.8 Å². The highest BCUT2D eigenvalue weighted by molar-refractivity contribution is 8.00. The summed E-state index contributed by atoms with van der Waals surface area (Å²) in [6.45, 7) is 5.83. The van der Waals surface area contributed by atoms with Crippen LogP contribution in [0.25, 0.3) is 22.0 Å². The summed E-state index contributed by atoms with van der Waals surface area (Å²) in [6, 6.07) is 18.1. The Morgan fingerprint density at radius 2 is 1.54 bits per heavy atom. The van der Waals surface area contributed by atoms with E-state index in [1.54, 1.807) is 0 Å². The maximum absolute atomic E-state index is 12.2. The first-order valence-corrected chi connectivity index (χ1v) is 8.92. The van der Waals surface area contributed by atoms with Gasteiger partial charge >= 0.3 is 0 Å². The Hall–Kier alpha value is -2.20. The van der Waals surface area contributed by atoms with Crippen LogP contribution in [0.1, 0.15) is 20.8 Å². The van der Waals surface area contributed by atoms with Crippen molar-refractivity contribution < 1.29 is 4.79 Å². The second-order valence-electron chi connectivity index (χ2n) is 6.73. The number of hydrogen-bond acceptors (Lipinski definition) is 4. The molecule has 1 heterocycles. The molecular weight excluding hydrogens is 316 g/mol. The van der Waals surface area contributed by atoms with Crippen LogP contribution in [0.15, 0.2) is 59.6 Å². The van der Waals surface area contributed by atoms with E-state index >= 15 is 0 Å². The third-order valence-electron chi connectivity index (χ3n) is 3.88. The molecule has 0 atom stereocenters. The lowest BCUT2D eigenvalue weighted by Gasteiger charge is -2.16. The fraction of sp³-hybridized carbons (Fsp3) is 0.250. The van der Waals surface area contributed by atoms with E-state index in [9.17, 15) is 4.79 Å². The van der Waals surface area contributed by atoms with Gasteiger partial charge in [-0.1, -0.05) is 87.1 Å². The van der Waals surface area contributed by atoms with Gasteiger partial charge in [-0.15, -0.1) is 10.2 Å². The highest BCUT2D eigenvalue weighted by Gasteiger charge is 2.22. The average molecular weight is 336 g/mol. The smallest absolute Gasteiger partial charge is 0.148 e. The Morgan fingerprint density at radius 3 is 2.21 bits per heavy atom. The summed E-state index contributed by atoms with van der Waals surface area (Å²) in [7, 11) is 0. The van der Waals surface area contributed by atoms with E-state index in [1.807, 2.05) is 69.3 Å². The van der Waals surface area contributed by atoms with Crippen molar-refractivity contribution in [3.8, 4) is 11.3 Å². The summed E-state index contributed by atoms with van der Waals surface area (Å²) >= 11 is 1.47. The number of carbonyl (C=O) groups excluding carboxylic acids is 1. The molecule has 3 nitrogen and oxygen atoms in total. The molecule has 0 unspecified atom stereocenters. The Bertz CT molecular complexity index is 870. The number of Topliss-reactive ketones (excluding diaryl/α,β-unsaturated/α-hetero) is 1. The lowest BCUT2D eigenvalue weighted by atomic mass is 9.92. The van der Waals surface area contributed by atoms with Gasteiger partial charge in [-0.05, 0) is 0 Å². The zero-order chi connectivity index (χ0) is 17.2. The predicted octanol–water partition coefficient (Wildman–Crippen LogP) is 5.00. The van der Waals surface area contributed by atoms with Crippen molar-refractivity contribution in [3.63, 3.8) is 0 Å². The molecule has 3 rings (SSSR count). The Balaban J connectivity index is 1.99. The molecule has 4 heteroatoms. The quantitative estimate of drug-likeness (QED) is 0.629. The standard InChI is InChI=1S/C20H20N2OS/c1-20(2,3)17(23)13-24-19-16-12-8-7-11-15(16)18(21-22-19)14-9-5-4-6-10-14/h4-12H,13H2,1-3H3. The van der Waals surface area contributed by atoms with Gasteiger partial charge in [0.25, 0.3) is 0 Å². The minimum atomic E-state index is -0.333. The van der Waals surface area contributed by atoms with Gasteiger partial charge < -0.3 is 0 Å². The molecule has 0 fully saturated rings. The summed E-state index contributed by atoms with van der Waals surface area (Å²) in [5, 5.41) is 11.7. The van der Waals surface area contributed by atoms with Gasteiger partial charge in [0, 0.05) is 21.8 Å². The van der Waals surface area contributed by atoms with E-state index < -0.39 is 0 Å². The zero-order valence-corrected chi connectivity index (χ0v) is 14.9. The van der Waals surface area contributed by atoms with E-state index in [4.69, 9.17) is 0 Å². The topological polar surface area (TPSA) is 42.9 Å². The number of ketones is 1. The van der Waals surface area contributed by atoms with Crippen LogP contribution in [0.2, 0.25) is 0 Å². The van der Waals surface area contributed by atoms with Crippen LogP contribution in [0, 0.1) is 5.41 Å². The molecule has 2 aromatic carbocycles. The third-order valence-corrected chi connectivity index (χ3v) is 4.86. The molecule has 3 aromatic rings. The van der Waals surface area contributed by atoms with Gasteiger partial charge in [-0.3, -0.25) is 4.79 Å². The van der Waals surface area contributed by atoms with Crippen molar-refractivity contribution in [3.05, 3.63) is 54.6 Å². The largest absolute Gasteiger partial charge is 0.298 e. The Kier molecular flexibility index (Phi) is 4.67. The lowest BCUT2D eigenvalue weighted by Crippen LogP contribution is -2.22. The molecule has 0 aliphatic rings. The second kappa shape index (κ2) is 6.73. The Labute approximate surface area is 146 Å². The molecule has 1 aromatic heterocycles. The van der Waals surface area contributed by atoms with Crippen molar-refractivity contribution in [1.29, 1.82) is 0 Å². The SMILES string of the molecule is CC(C)(C)C(=O)CSc1nnc(-c2ccccc2)c2ccccc12. The first kappa shape index (κ1) is 16.7. The minimum absolute atomic E-state index is 0.213. The predicted molar refractivity (Wildman–Crippen MR) is 100 cm³/mol. The molecule has 0 aliphatic heterocycles. The van der Waals surface area contributed by atoms with E-state index in [2.05, 4.69) is 16.3 Å². The molecule has 24 heavy (non-hydrogen) atoms. The van der Waals surface area contributed by atoms with Crippen LogP contribution >= 0.6 is 11.8 Å². The molecule has 0 spiro atoms. The number of nitrogens with zero attached hydrogens (tertiary/aromatic N) is 2. The number of benzene rings is 2. The number of fused-ring (bicyclic) bond motifs is 1. The van der Waals surface area contributed by atoms with Gasteiger partial charge in [0.15, 0.2) is 0 Å². The molecular formula is C20H20N2OS. The normalized spacial score (nSPS) is 11.6. The van der Waals surface area contributed by atoms with Gasteiger partial charge in [-0.25, -0.2) is 0 Å². The zero-order valence-electron chi connectivity index (χ0n) is 14.1. The van der Waals surface area contributed by atoms with Gasteiger partial charge in [0.1, 0.15) is 16.5 Å². The number of carbonyl (C=O) groups is 1. The van der Waals surface area contributed by atoms with Crippen LogP contribution in [0.3, 0.4) is 0 Å². The molecule has 0 saturated heterocycles. The van der Waals surface area contributed by atoms with Crippen molar-refractivity contribution in [1.82, 2.24) is 10.2 Å². The van der Waals surface area contributed by atoms with Crippen LogP contribution < -0.4 is 0 Å². The van der Waals surface area contributed by atoms with Crippen LogP contribution in [-0.4, -0.2) is 21.7 Å². The summed E-state index contributed by atoms with van der Waals surface area (Å²) in [5.74, 6) is 0.623. The van der Waals surface area contributed by atoms with Crippen molar-refractivity contribution >= 4 is 28.3 Å². The first-order valence-electron chi connectivity index (χ1n) is 7.94. The minimum Gasteiger partial charge on any atom is -0.298 e. The summed E-state index contributed by atoms with van der Waals surface area (Å²) < 4.78 is 0. The lowest BCUT2D eigenvalue weighted by molar-refractivity contribution is -0.123. The molecule has 122 valence electrons. The maximum Gasteiger partial charge on any atom is 0.148 e. The van der Waals surface area contributed by atoms with Crippen molar-refractivity contribution in [2.24, 2.45) is 5.41 Å². The number of rotatable bonds is 4. The van der Waals surface area contributed by atoms with Gasteiger partial charge in [0.2, 0.25) is 0 Å². The summed E-state index contributed by atoms with van der Waals surface area (Å²) in [6.07, 6.45) is 0. The fourth-order valence-electron chi connectivity index (χ4n) is 2.35. The molecule has 0 bridgehead atoms. The summed E-state index contributed by atoms with van der Waals surface area (Å²) in [4.78, 5) is 12.2. The first-order chi connectivity index (χ1) is 11.5. The maximum atomic E-state index is 12.2. The van der Waals surface area contributed by atoms with E-state index in [0.717, 1.165) is 27.1 Å². The highest BCUT2D eigenvalue weighted by Crippen LogP contribution is 2.32.